The normalized spacial score (nSPS) is 21.1. The number of nitrogens with one attached hydrogen (secondary N) is 1. The summed E-state index contributed by atoms with van der Waals surface area (Å²) in [7, 11) is 3.26. The summed E-state index contributed by atoms with van der Waals surface area (Å²) in [6.07, 6.45) is -0.0361. The lowest BCUT2D eigenvalue weighted by molar-refractivity contribution is -0.115. The third kappa shape index (κ3) is 6.40. The lowest BCUT2D eigenvalue weighted by atomic mass is 10.0. The molecule has 3 rings (SSSR count). The van der Waals surface area contributed by atoms with Crippen LogP contribution < -0.4 is 10.1 Å². The molecule has 0 fully saturated rings. The molecule has 36 heavy (non-hydrogen) atoms. The fraction of sp³-hybridized carbons (Fsp3) is 0.444. The molecule has 0 saturated carbocycles. The average molecular weight is 500 g/mol. The minimum Gasteiger partial charge on any atom is -0.491 e. The standard InChI is InChI=1S/C27H34FN3O5/c1-6-25(32)29-21-11-12-23-22(13-21)27(34)30(4)15-24(35-5)17(2)14-31(18(3)16-36-23)26(33)19-7-9-20(28)10-8-19/h7-13,17-18,24H,6,14-16H2,1-5H3,(H,29,32)/t17-,18-,24+/m0/s1. The summed E-state index contributed by atoms with van der Waals surface area (Å²) < 4.78 is 25.2. The van der Waals surface area contributed by atoms with E-state index in [1.807, 2.05) is 13.8 Å². The molecular weight excluding hydrogens is 465 g/mol. The molecule has 0 bridgehead atoms. The van der Waals surface area contributed by atoms with Gasteiger partial charge >= 0.3 is 0 Å². The van der Waals surface area contributed by atoms with E-state index < -0.39 is 5.82 Å². The second-order valence-corrected chi connectivity index (χ2v) is 9.17. The Hall–Kier alpha value is -3.46. The van der Waals surface area contributed by atoms with Crippen LogP contribution in [-0.4, -0.2) is 73.5 Å². The van der Waals surface area contributed by atoms with Crippen molar-refractivity contribution in [3.8, 4) is 5.75 Å². The van der Waals surface area contributed by atoms with Crippen LogP contribution in [0.2, 0.25) is 0 Å². The van der Waals surface area contributed by atoms with Gasteiger partial charge in [0.25, 0.3) is 11.8 Å². The molecule has 2 aromatic carbocycles. The third-order valence-electron chi connectivity index (χ3n) is 6.40. The van der Waals surface area contributed by atoms with Crippen LogP contribution in [0.4, 0.5) is 10.1 Å². The highest BCUT2D eigenvalue weighted by molar-refractivity contribution is 5.99. The van der Waals surface area contributed by atoms with E-state index in [0.29, 0.717) is 35.5 Å². The Morgan fingerprint density at radius 3 is 2.47 bits per heavy atom. The van der Waals surface area contributed by atoms with E-state index >= 15 is 0 Å². The van der Waals surface area contributed by atoms with E-state index in [1.54, 1.807) is 49.1 Å². The largest absolute Gasteiger partial charge is 0.491 e. The summed E-state index contributed by atoms with van der Waals surface area (Å²) in [5.41, 5.74) is 1.18. The van der Waals surface area contributed by atoms with Crippen LogP contribution in [0.1, 0.15) is 47.9 Å². The van der Waals surface area contributed by atoms with Gasteiger partial charge in [-0.3, -0.25) is 14.4 Å². The van der Waals surface area contributed by atoms with Crippen molar-refractivity contribution in [3.63, 3.8) is 0 Å². The van der Waals surface area contributed by atoms with Crippen LogP contribution in [0, 0.1) is 11.7 Å². The number of hydrogen-bond acceptors (Lipinski definition) is 5. The van der Waals surface area contributed by atoms with Crippen LogP contribution in [0.15, 0.2) is 42.5 Å². The third-order valence-corrected chi connectivity index (χ3v) is 6.40. The Kier molecular flexibility index (Phi) is 9.03. The molecule has 0 aliphatic carbocycles. The SMILES string of the molecule is CCC(=O)Nc1ccc2c(c1)C(=O)N(C)C[C@@H](OC)[C@@H](C)CN(C(=O)c1ccc(F)cc1)[C@@H](C)CO2. The van der Waals surface area contributed by atoms with Gasteiger partial charge < -0.3 is 24.6 Å². The highest BCUT2D eigenvalue weighted by Gasteiger charge is 2.31. The average Bonchev–Trinajstić information content (AvgIpc) is 2.87. The van der Waals surface area contributed by atoms with Gasteiger partial charge in [0.15, 0.2) is 0 Å². The molecule has 1 heterocycles. The van der Waals surface area contributed by atoms with Gasteiger partial charge in [0, 0.05) is 50.8 Å². The van der Waals surface area contributed by atoms with E-state index in [-0.39, 0.29) is 48.9 Å². The number of carbonyl (C=O) groups is 3. The first kappa shape index (κ1) is 27.1. The summed E-state index contributed by atoms with van der Waals surface area (Å²) in [6.45, 7) is 6.35. The van der Waals surface area contributed by atoms with Crippen LogP contribution in [0.5, 0.6) is 5.75 Å². The van der Waals surface area contributed by atoms with E-state index in [0.717, 1.165) is 0 Å². The quantitative estimate of drug-likeness (QED) is 0.691. The van der Waals surface area contributed by atoms with Crippen molar-refractivity contribution in [1.82, 2.24) is 9.80 Å². The highest BCUT2D eigenvalue weighted by atomic mass is 19.1. The Morgan fingerprint density at radius 1 is 1.14 bits per heavy atom. The fourth-order valence-electron chi connectivity index (χ4n) is 4.14. The lowest BCUT2D eigenvalue weighted by Crippen LogP contribution is -2.48. The van der Waals surface area contributed by atoms with Gasteiger partial charge in [-0.15, -0.1) is 0 Å². The number of halogens is 1. The van der Waals surface area contributed by atoms with Crippen molar-refractivity contribution < 1.29 is 28.2 Å². The lowest BCUT2D eigenvalue weighted by Gasteiger charge is -2.36. The number of anilines is 1. The zero-order valence-electron chi connectivity index (χ0n) is 21.4. The summed E-state index contributed by atoms with van der Waals surface area (Å²) in [5.74, 6) is -0.854. The number of nitrogens with zero attached hydrogens (tertiary/aromatic N) is 2. The predicted octanol–water partition coefficient (Wildman–Crippen LogP) is 3.82. The number of methoxy groups -OCH3 is 1. The molecule has 3 atom stereocenters. The van der Waals surface area contributed by atoms with E-state index in [4.69, 9.17) is 9.47 Å². The van der Waals surface area contributed by atoms with Gasteiger partial charge in [0.2, 0.25) is 5.91 Å². The van der Waals surface area contributed by atoms with Crippen molar-refractivity contribution in [2.24, 2.45) is 5.92 Å². The van der Waals surface area contributed by atoms with E-state index in [1.165, 1.54) is 24.3 Å². The highest BCUT2D eigenvalue weighted by Crippen LogP contribution is 2.27. The van der Waals surface area contributed by atoms with Crippen LogP contribution >= 0.6 is 0 Å². The molecule has 0 spiro atoms. The molecule has 0 aromatic heterocycles. The first-order valence-corrected chi connectivity index (χ1v) is 12.1. The Morgan fingerprint density at radius 2 is 1.83 bits per heavy atom. The van der Waals surface area contributed by atoms with Crippen LogP contribution in [-0.2, 0) is 9.53 Å². The molecule has 0 saturated heterocycles. The zero-order valence-corrected chi connectivity index (χ0v) is 21.4. The number of fused-ring (bicyclic) bond motifs is 1. The maximum absolute atomic E-state index is 13.4. The van der Waals surface area contributed by atoms with Gasteiger partial charge in [-0.2, -0.15) is 0 Å². The molecule has 0 radical (unpaired) electrons. The van der Waals surface area contributed by atoms with Crippen molar-refractivity contribution >= 4 is 23.4 Å². The molecule has 9 heteroatoms. The summed E-state index contributed by atoms with van der Waals surface area (Å²) >= 11 is 0. The van der Waals surface area contributed by atoms with Gasteiger partial charge in [-0.25, -0.2) is 4.39 Å². The molecule has 8 nitrogen and oxygen atoms in total. The predicted molar refractivity (Wildman–Crippen MR) is 135 cm³/mol. The second kappa shape index (κ2) is 12.0. The number of amides is 3. The van der Waals surface area contributed by atoms with Crippen molar-refractivity contribution in [2.45, 2.75) is 39.3 Å². The molecule has 1 aliphatic heterocycles. The van der Waals surface area contributed by atoms with Crippen molar-refractivity contribution in [3.05, 3.63) is 59.4 Å². The molecule has 194 valence electrons. The number of benzene rings is 2. The number of likely N-dealkylation sites (N-methyl/N-ethyl adjacent to an activating group) is 1. The summed E-state index contributed by atoms with van der Waals surface area (Å²) in [4.78, 5) is 41.9. The Bertz CT molecular complexity index is 1090. The van der Waals surface area contributed by atoms with Crippen molar-refractivity contribution in [2.75, 3.05) is 39.2 Å². The van der Waals surface area contributed by atoms with E-state index in [2.05, 4.69) is 5.32 Å². The Labute approximate surface area is 211 Å². The summed E-state index contributed by atoms with van der Waals surface area (Å²) in [5, 5.41) is 2.77. The number of hydrogen-bond donors (Lipinski definition) is 1. The number of ether oxygens (including phenoxy) is 2. The first-order valence-electron chi connectivity index (χ1n) is 12.1. The van der Waals surface area contributed by atoms with E-state index in [9.17, 15) is 18.8 Å². The molecule has 3 amide bonds. The van der Waals surface area contributed by atoms with Crippen LogP contribution in [0.3, 0.4) is 0 Å². The van der Waals surface area contributed by atoms with Gasteiger partial charge in [-0.05, 0) is 49.4 Å². The minimum absolute atomic E-state index is 0.119. The summed E-state index contributed by atoms with van der Waals surface area (Å²) in [6, 6.07) is 10.0. The fourth-order valence-corrected chi connectivity index (χ4v) is 4.14. The second-order valence-electron chi connectivity index (χ2n) is 9.17. The molecule has 1 aliphatic rings. The number of rotatable bonds is 4. The van der Waals surface area contributed by atoms with Crippen LogP contribution in [0.25, 0.3) is 0 Å². The smallest absolute Gasteiger partial charge is 0.257 e. The molecule has 2 aromatic rings. The topological polar surface area (TPSA) is 88.2 Å². The van der Waals surface area contributed by atoms with Gasteiger partial charge in [0.1, 0.15) is 18.2 Å². The monoisotopic (exact) mass is 499 g/mol. The molecule has 1 N–H and O–H groups in total. The first-order chi connectivity index (χ1) is 17.1. The van der Waals surface area contributed by atoms with Crippen molar-refractivity contribution in [1.29, 1.82) is 0 Å². The number of carbonyl (C=O) groups excluding carboxylic acids is 3. The maximum Gasteiger partial charge on any atom is 0.257 e. The molecular formula is C27H34FN3O5. The minimum atomic E-state index is -0.414. The van der Waals surface area contributed by atoms with Gasteiger partial charge in [-0.1, -0.05) is 13.8 Å². The maximum atomic E-state index is 13.4. The molecule has 0 unspecified atom stereocenters. The Balaban J connectivity index is 1.98. The zero-order chi connectivity index (χ0) is 26.4. The van der Waals surface area contributed by atoms with Gasteiger partial charge in [0.05, 0.1) is 17.7 Å².